The van der Waals surface area contributed by atoms with Gasteiger partial charge in [0.15, 0.2) is 6.10 Å². The molecule has 0 spiro atoms. The van der Waals surface area contributed by atoms with Gasteiger partial charge in [0.2, 0.25) is 23.6 Å². The third kappa shape index (κ3) is 13.7. The first-order valence-corrected chi connectivity index (χ1v) is 15.9. The molecule has 1 aromatic rings. The van der Waals surface area contributed by atoms with Crippen molar-refractivity contribution >= 4 is 37.2 Å². The van der Waals surface area contributed by atoms with Crippen LogP contribution in [0.25, 0.3) is 0 Å². The van der Waals surface area contributed by atoms with Crippen LogP contribution in [-0.2, 0) is 44.2 Å². The summed E-state index contributed by atoms with van der Waals surface area (Å²) >= 11 is 0. The lowest BCUT2D eigenvalue weighted by molar-refractivity contribution is -0.149. The average Bonchev–Trinajstić information content (AvgIpc) is 2.89. The second kappa shape index (κ2) is 17.7. The molecule has 6 N–H and O–H groups in total. The molecule has 14 heteroatoms. The molecule has 0 saturated carbocycles. The smallest absolute Gasteiger partial charge is 0.351 e. The van der Waals surface area contributed by atoms with Crippen molar-refractivity contribution in [2.45, 2.75) is 91.2 Å². The zero-order valence-electron chi connectivity index (χ0n) is 26.0. The molecule has 1 aromatic carbocycles. The maximum atomic E-state index is 13.6. The zero-order valence-corrected chi connectivity index (χ0v) is 26.9. The van der Waals surface area contributed by atoms with Gasteiger partial charge in [-0.05, 0) is 29.7 Å². The van der Waals surface area contributed by atoms with E-state index in [1.54, 1.807) is 58.0 Å². The molecular formula is C29H47N4O9P. The van der Waals surface area contributed by atoms with Crippen LogP contribution < -0.4 is 21.7 Å². The quantitative estimate of drug-likeness (QED) is 0.119. The number of nitrogens with one attached hydrogen (secondary N) is 3. The van der Waals surface area contributed by atoms with Crippen LogP contribution in [0.5, 0.6) is 0 Å². The number of carbonyl (C=O) groups excluding carboxylic acids is 5. The highest BCUT2D eigenvalue weighted by Crippen LogP contribution is 2.50. The van der Waals surface area contributed by atoms with Crippen molar-refractivity contribution in [3.63, 3.8) is 0 Å². The van der Waals surface area contributed by atoms with Crippen LogP contribution in [0.1, 0.15) is 66.4 Å². The first kappa shape index (κ1) is 37.7. The van der Waals surface area contributed by atoms with Gasteiger partial charge in [0, 0.05) is 12.8 Å². The molecular weight excluding hydrogens is 579 g/mol. The van der Waals surface area contributed by atoms with Gasteiger partial charge in [0.05, 0.1) is 13.5 Å². The number of hydrogen-bond acceptors (Lipinski definition) is 8. The van der Waals surface area contributed by atoms with E-state index in [-0.39, 0.29) is 42.9 Å². The highest BCUT2D eigenvalue weighted by atomic mass is 31.2. The van der Waals surface area contributed by atoms with Gasteiger partial charge in [-0.3, -0.25) is 28.3 Å². The van der Waals surface area contributed by atoms with Gasteiger partial charge in [-0.1, -0.05) is 71.9 Å². The van der Waals surface area contributed by atoms with E-state index in [0.717, 1.165) is 7.11 Å². The summed E-state index contributed by atoms with van der Waals surface area (Å²) in [5.41, 5.74) is 5.99. The standard InChI is InChI=1S/C29H47N4O9P/c1-17(2)13-24(35)32-26(19(5)6)28(37)31-21(16-23(30)34)27(36)33-25(14-18(3)4)43(39,40)42-22(29(38)41-7)15-20-11-9-8-10-12-20/h8-12,17-19,21-22,25-26H,13-16H2,1-7H3,(H2,30,34)(H,31,37)(H,32,35)(H,33,36)(H,39,40)/t21-,22-,25+,26-/m0/s1. The van der Waals surface area contributed by atoms with E-state index in [2.05, 4.69) is 16.0 Å². The predicted octanol–water partition coefficient (Wildman–Crippen LogP) is 2.01. The molecule has 0 aliphatic rings. The number of hydrogen-bond donors (Lipinski definition) is 5. The van der Waals surface area contributed by atoms with E-state index in [1.807, 2.05) is 13.8 Å². The molecule has 242 valence electrons. The molecule has 13 nitrogen and oxygen atoms in total. The molecule has 0 saturated heterocycles. The molecule has 1 unspecified atom stereocenters. The average molecular weight is 627 g/mol. The molecule has 0 heterocycles. The fourth-order valence-corrected chi connectivity index (χ4v) is 5.82. The van der Waals surface area contributed by atoms with Gasteiger partial charge in [-0.15, -0.1) is 0 Å². The summed E-state index contributed by atoms with van der Waals surface area (Å²) in [5, 5.41) is 7.51. The minimum Gasteiger partial charge on any atom is -0.467 e. The van der Waals surface area contributed by atoms with Crippen LogP contribution in [0.3, 0.4) is 0 Å². The highest BCUT2D eigenvalue weighted by Gasteiger charge is 2.41. The molecule has 1 rings (SSSR count). The molecule has 0 aliphatic carbocycles. The van der Waals surface area contributed by atoms with Gasteiger partial charge in [-0.25, -0.2) is 4.79 Å². The van der Waals surface area contributed by atoms with Gasteiger partial charge in [0.1, 0.15) is 17.9 Å². The van der Waals surface area contributed by atoms with Crippen LogP contribution >= 0.6 is 7.60 Å². The van der Waals surface area contributed by atoms with Crippen molar-refractivity contribution in [2.24, 2.45) is 23.5 Å². The highest BCUT2D eigenvalue weighted by molar-refractivity contribution is 7.53. The fraction of sp³-hybridized carbons (Fsp3) is 0.621. The number of ether oxygens (including phenoxy) is 1. The Morgan fingerprint density at radius 1 is 0.884 bits per heavy atom. The van der Waals surface area contributed by atoms with Crippen molar-refractivity contribution in [2.75, 3.05) is 7.11 Å². The molecule has 0 fully saturated rings. The zero-order chi connectivity index (χ0) is 32.9. The lowest BCUT2D eigenvalue weighted by Gasteiger charge is -2.30. The normalized spacial score (nSPS) is 15.6. The molecule has 0 aliphatic heterocycles. The number of esters is 1. The second-order valence-corrected chi connectivity index (χ2v) is 13.6. The number of benzene rings is 1. The summed E-state index contributed by atoms with van der Waals surface area (Å²) in [6, 6.07) is 6.11. The van der Waals surface area contributed by atoms with Gasteiger partial charge in [0.25, 0.3) is 0 Å². The van der Waals surface area contributed by atoms with Crippen molar-refractivity contribution in [3.8, 4) is 0 Å². The van der Waals surface area contributed by atoms with Crippen molar-refractivity contribution in [1.29, 1.82) is 0 Å². The monoisotopic (exact) mass is 626 g/mol. The Morgan fingerprint density at radius 3 is 1.98 bits per heavy atom. The van der Waals surface area contributed by atoms with E-state index in [4.69, 9.17) is 15.0 Å². The Morgan fingerprint density at radius 2 is 1.49 bits per heavy atom. The maximum absolute atomic E-state index is 13.6. The second-order valence-electron chi connectivity index (χ2n) is 11.6. The lowest BCUT2D eigenvalue weighted by atomic mass is 10.0. The van der Waals surface area contributed by atoms with Crippen LogP contribution in [0.15, 0.2) is 30.3 Å². The van der Waals surface area contributed by atoms with E-state index < -0.39 is 61.7 Å². The Kier molecular flexibility index (Phi) is 15.6. The largest absolute Gasteiger partial charge is 0.467 e. The van der Waals surface area contributed by atoms with Gasteiger partial charge < -0.3 is 31.3 Å². The molecule has 43 heavy (non-hydrogen) atoms. The topological polar surface area (TPSA) is 203 Å². The third-order valence-corrected chi connectivity index (χ3v) is 7.99. The minimum absolute atomic E-state index is 0.0458. The minimum atomic E-state index is -4.76. The van der Waals surface area contributed by atoms with E-state index >= 15 is 0 Å². The molecule has 0 bridgehead atoms. The number of nitrogens with two attached hydrogens (primary N) is 1. The Labute approximate surface area is 253 Å². The van der Waals surface area contributed by atoms with Gasteiger partial charge >= 0.3 is 13.6 Å². The Balaban J connectivity index is 3.23. The first-order valence-electron chi connectivity index (χ1n) is 14.3. The first-order chi connectivity index (χ1) is 20.0. The van der Waals surface area contributed by atoms with E-state index in [1.165, 1.54) is 0 Å². The molecule has 5 atom stereocenters. The van der Waals surface area contributed by atoms with Crippen molar-refractivity contribution < 1.29 is 42.7 Å². The number of rotatable bonds is 18. The lowest BCUT2D eigenvalue weighted by Crippen LogP contribution is -2.57. The fourth-order valence-electron chi connectivity index (χ4n) is 4.17. The summed E-state index contributed by atoms with van der Waals surface area (Å²) in [7, 11) is -3.65. The summed E-state index contributed by atoms with van der Waals surface area (Å²) in [6.07, 6.45) is -2.01. The van der Waals surface area contributed by atoms with Crippen LogP contribution in [-0.4, -0.2) is 65.6 Å². The number of carbonyl (C=O) groups is 5. The molecule has 4 amide bonds. The summed E-state index contributed by atoms with van der Waals surface area (Å²) in [5.74, 6) is -5.90. The van der Waals surface area contributed by atoms with Crippen molar-refractivity contribution in [3.05, 3.63) is 35.9 Å². The van der Waals surface area contributed by atoms with E-state index in [0.29, 0.717) is 5.56 Å². The van der Waals surface area contributed by atoms with E-state index in [9.17, 15) is 33.4 Å². The molecule has 0 radical (unpaired) electrons. The van der Waals surface area contributed by atoms with Crippen LogP contribution in [0.2, 0.25) is 0 Å². The van der Waals surface area contributed by atoms with Crippen molar-refractivity contribution in [1.82, 2.24) is 16.0 Å². The van der Waals surface area contributed by atoms with Crippen LogP contribution in [0, 0.1) is 17.8 Å². The predicted molar refractivity (Wildman–Crippen MR) is 160 cm³/mol. The number of methoxy groups -OCH3 is 1. The Bertz CT molecular complexity index is 1140. The number of primary amides is 1. The van der Waals surface area contributed by atoms with Gasteiger partial charge in [-0.2, -0.15) is 0 Å². The maximum Gasteiger partial charge on any atom is 0.351 e. The molecule has 0 aromatic heterocycles. The summed E-state index contributed by atoms with van der Waals surface area (Å²) in [4.78, 5) is 74.2. The SMILES string of the molecule is COC(=O)[C@H](Cc1ccccc1)OP(=O)(O)[C@H](CC(C)C)NC(=O)[C@H](CC(N)=O)NC(=O)[C@@H](NC(=O)CC(C)C)C(C)C. The summed E-state index contributed by atoms with van der Waals surface area (Å²) in [6.45, 7) is 10.6. The van der Waals surface area contributed by atoms with Crippen LogP contribution in [0.4, 0.5) is 0 Å². The third-order valence-electron chi connectivity index (χ3n) is 6.30. The Hall–Kier alpha value is -3.28. The number of amides is 4. The summed E-state index contributed by atoms with van der Waals surface area (Å²) < 4.78 is 23.8.